The molecule has 112 valence electrons. The molecule has 0 saturated carbocycles. The molecule has 0 aliphatic rings. The zero-order valence-electron chi connectivity index (χ0n) is 12.6. The number of nitrogens with one attached hydrogen (secondary N) is 1. The number of nitrogens with zero attached hydrogens (tertiary/aromatic N) is 1. The second kappa shape index (κ2) is 9.78. The van der Waals surface area contributed by atoms with Crippen molar-refractivity contribution in [2.75, 3.05) is 19.6 Å². The van der Waals surface area contributed by atoms with Gasteiger partial charge >= 0.3 is 5.97 Å². The van der Waals surface area contributed by atoms with Gasteiger partial charge in [-0.15, -0.1) is 0 Å². The summed E-state index contributed by atoms with van der Waals surface area (Å²) in [5.74, 6) is -0.905. The van der Waals surface area contributed by atoms with E-state index in [0.29, 0.717) is 13.0 Å². The smallest absolute Gasteiger partial charge is 0.306 e. The second-order valence-electron chi connectivity index (χ2n) is 5.02. The summed E-state index contributed by atoms with van der Waals surface area (Å²) in [6.07, 6.45) is 2.44. The van der Waals surface area contributed by atoms with E-state index in [1.165, 1.54) is 0 Å². The van der Waals surface area contributed by atoms with E-state index in [9.17, 15) is 9.59 Å². The molecule has 0 aliphatic carbocycles. The molecule has 0 radical (unpaired) electrons. The third kappa shape index (κ3) is 7.82. The lowest BCUT2D eigenvalue weighted by atomic mass is 10.0. The molecule has 5 heteroatoms. The minimum absolute atomic E-state index is 0.121. The molecule has 0 spiro atoms. The number of carbonyl (C=O) groups is 2. The van der Waals surface area contributed by atoms with Crippen LogP contribution in [0.1, 0.15) is 47.0 Å². The van der Waals surface area contributed by atoms with Crippen LogP contribution in [-0.4, -0.2) is 47.6 Å². The van der Waals surface area contributed by atoms with Crippen molar-refractivity contribution in [1.82, 2.24) is 10.2 Å². The van der Waals surface area contributed by atoms with Gasteiger partial charge in [0.15, 0.2) is 0 Å². The van der Waals surface area contributed by atoms with Gasteiger partial charge in [-0.3, -0.25) is 9.59 Å². The lowest BCUT2D eigenvalue weighted by molar-refractivity contribution is -0.141. The lowest BCUT2D eigenvalue weighted by Gasteiger charge is -2.20. The zero-order chi connectivity index (χ0) is 14.8. The Morgan fingerprint density at radius 2 is 1.74 bits per heavy atom. The van der Waals surface area contributed by atoms with Crippen LogP contribution in [0.5, 0.6) is 0 Å². The highest BCUT2D eigenvalue weighted by Gasteiger charge is 2.13. The number of carboxylic acid groups (broad SMARTS) is 1. The third-order valence-electron chi connectivity index (χ3n) is 3.41. The molecule has 19 heavy (non-hydrogen) atoms. The van der Waals surface area contributed by atoms with E-state index in [-0.39, 0.29) is 17.9 Å². The summed E-state index contributed by atoms with van der Waals surface area (Å²) in [5.41, 5.74) is 0. The van der Waals surface area contributed by atoms with Crippen molar-refractivity contribution in [3.05, 3.63) is 0 Å². The Bertz CT molecular complexity index is 278. The van der Waals surface area contributed by atoms with Crippen LogP contribution in [-0.2, 0) is 9.59 Å². The van der Waals surface area contributed by atoms with Crippen molar-refractivity contribution in [2.45, 2.75) is 53.0 Å². The van der Waals surface area contributed by atoms with Gasteiger partial charge in [0.05, 0.1) is 12.5 Å². The first-order valence-electron chi connectivity index (χ1n) is 7.16. The van der Waals surface area contributed by atoms with E-state index in [4.69, 9.17) is 5.11 Å². The van der Waals surface area contributed by atoms with Gasteiger partial charge in [-0.25, -0.2) is 0 Å². The first-order valence-corrected chi connectivity index (χ1v) is 7.16. The van der Waals surface area contributed by atoms with E-state index in [1.54, 1.807) is 11.8 Å². The molecule has 0 rings (SSSR count). The van der Waals surface area contributed by atoms with Crippen molar-refractivity contribution in [2.24, 2.45) is 5.92 Å². The van der Waals surface area contributed by atoms with Gasteiger partial charge < -0.3 is 15.3 Å². The minimum Gasteiger partial charge on any atom is -0.481 e. The number of carbonyl (C=O) groups excluding carboxylic acids is 1. The lowest BCUT2D eigenvalue weighted by Crippen LogP contribution is -2.40. The van der Waals surface area contributed by atoms with Crippen LogP contribution in [0.15, 0.2) is 0 Å². The largest absolute Gasteiger partial charge is 0.481 e. The van der Waals surface area contributed by atoms with Gasteiger partial charge in [-0.1, -0.05) is 13.3 Å². The topological polar surface area (TPSA) is 69.6 Å². The minimum atomic E-state index is -0.739. The van der Waals surface area contributed by atoms with Crippen molar-refractivity contribution in [3.63, 3.8) is 0 Å². The number of rotatable bonds is 10. The zero-order valence-corrected chi connectivity index (χ0v) is 12.6. The number of hydrogen-bond acceptors (Lipinski definition) is 3. The average molecular weight is 272 g/mol. The Morgan fingerprint density at radius 3 is 2.21 bits per heavy atom. The van der Waals surface area contributed by atoms with Crippen molar-refractivity contribution in [1.29, 1.82) is 0 Å². The highest BCUT2D eigenvalue weighted by Crippen LogP contribution is 2.09. The molecule has 0 fully saturated rings. The molecule has 0 saturated heterocycles. The summed E-state index contributed by atoms with van der Waals surface area (Å²) in [6, 6.07) is 0.237. The van der Waals surface area contributed by atoms with Crippen LogP contribution >= 0.6 is 0 Å². The van der Waals surface area contributed by atoms with Crippen LogP contribution in [0, 0.1) is 5.92 Å². The first kappa shape index (κ1) is 17.9. The summed E-state index contributed by atoms with van der Waals surface area (Å²) in [5, 5.41) is 12.0. The maximum atomic E-state index is 11.8. The molecular formula is C14H28N2O3. The van der Waals surface area contributed by atoms with Crippen molar-refractivity contribution in [3.8, 4) is 0 Å². The average Bonchev–Trinajstić information content (AvgIpc) is 2.37. The fourth-order valence-corrected chi connectivity index (χ4v) is 1.91. The summed E-state index contributed by atoms with van der Waals surface area (Å²) in [7, 11) is 0. The molecule has 0 aliphatic heterocycles. The van der Waals surface area contributed by atoms with Crippen LogP contribution in [0.4, 0.5) is 0 Å². The van der Waals surface area contributed by atoms with Gasteiger partial charge in [-0.05, 0) is 33.6 Å². The SMILES string of the molecule is CCN(CC)C(=O)CNC(C)CCCC(C)C(=O)O. The Labute approximate surface area is 116 Å². The molecule has 0 aromatic rings. The Kier molecular flexibility index (Phi) is 9.21. The van der Waals surface area contributed by atoms with E-state index in [2.05, 4.69) is 5.32 Å². The van der Waals surface area contributed by atoms with E-state index >= 15 is 0 Å². The summed E-state index contributed by atoms with van der Waals surface area (Å²) in [4.78, 5) is 24.2. The standard InChI is InChI=1S/C14H28N2O3/c1-5-16(6-2)13(17)10-15-12(4)9-7-8-11(3)14(18)19/h11-12,15H,5-10H2,1-4H3,(H,18,19). The van der Waals surface area contributed by atoms with E-state index < -0.39 is 5.97 Å². The van der Waals surface area contributed by atoms with Gasteiger partial charge in [-0.2, -0.15) is 0 Å². The molecule has 2 N–H and O–H groups in total. The first-order chi connectivity index (χ1) is 8.92. The maximum Gasteiger partial charge on any atom is 0.306 e. The predicted octanol–water partition coefficient (Wildman–Crippen LogP) is 1.72. The van der Waals surface area contributed by atoms with Gasteiger partial charge in [0.25, 0.3) is 0 Å². The fourth-order valence-electron chi connectivity index (χ4n) is 1.91. The highest BCUT2D eigenvalue weighted by molar-refractivity contribution is 5.78. The van der Waals surface area contributed by atoms with Crippen LogP contribution in [0.25, 0.3) is 0 Å². The van der Waals surface area contributed by atoms with Crippen LogP contribution in [0.3, 0.4) is 0 Å². The van der Waals surface area contributed by atoms with Crippen LogP contribution < -0.4 is 5.32 Å². The molecule has 2 atom stereocenters. The van der Waals surface area contributed by atoms with Crippen LogP contribution in [0.2, 0.25) is 0 Å². The highest BCUT2D eigenvalue weighted by atomic mass is 16.4. The fraction of sp³-hybridized carbons (Fsp3) is 0.857. The quantitative estimate of drug-likeness (QED) is 0.635. The second-order valence-corrected chi connectivity index (χ2v) is 5.02. The summed E-state index contributed by atoms with van der Waals surface area (Å²) in [6.45, 7) is 9.53. The molecule has 0 heterocycles. The molecule has 0 bridgehead atoms. The molecular weight excluding hydrogens is 244 g/mol. The van der Waals surface area contributed by atoms with Crippen molar-refractivity contribution >= 4 is 11.9 Å². The number of likely N-dealkylation sites (N-methyl/N-ethyl adjacent to an activating group) is 1. The predicted molar refractivity (Wildman–Crippen MR) is 76.0 cm³/mol. The summed E-state index contributed by atoms with van der Waals surface area (Å²) >= 11 is 0. The molecule has 5 nitrogen and oxygen atoms in total. The Balaban J connectivity index is 3.78. The molecule has 0 aromatic heterocycles. The van der Waals surface area contributed by atoms with Gasteiger partial charge in [0, 0.05) is 19.1 Å². The molecule has 0 aromatic carbocycles. The summed E-state index contributed by atoms with van der Waals surface area (Å²) < 4.78 is 0. The van der Waals surface area contributed by atoms with Gasteiger partial charge in [0.2, 0.25) is 5.91 Å². The Morgan fingerprint density at radius 1 is 1.16 bits per heavy atom. The normalized spacial score (nSPS) is 13.9. The number of amides is 1. The van der Waals surface area contributed by atoms with Crippen molar-refractivity contribution < 1.29 is 14.7 Å². The Hall–Kier alpha value is -1.10. The molecule has 1 amide bonds. The maximum absolute atomic E-state index is 11.8. The monoisotopic (exact) mass is 272 g/mol. The number of carboxylic acids is 1. The van der Waals surface area contributed by atoms with Gasteiger partial charge in [0.1, 0.15) is 0 Å². The number of aliphatic carboxylic acids is 1. The third-order valence-corrected chi connectivity index (χ3v) is 3.41. The van der Waals surface area contributed by atoms with E-state index in [1.807, 2.05) is 20.8 Å². The number of hydrogen-bond donors (Lipinski definition) is 2. The van der Waals surface area contributed by atoms with E-state index in [0.717, 1.165) is 25.9 Å². The molecule has 2 unspecified atom stereocenters.